The molecule has 1 aliphatic rings. The fraction of sp³-hybridized carbons (Fsp3) is 0.556. The average molecular weight is 446 g/mol. The van der Waals surface area contributed by atoms with E-state index in [-0.39, 0.29) is 10.8 Å². The second-order valence-electron chi connectivity index (χ2n) is 7.04. The minimum absolute atomic E-state index is 0.0178. The number of aromatic nitrogens is 2. The Morgan fingerprint density at radius 3 is 2.72 bits per heavy atom. The molecule has 3 rings (SSSR count). The number of anilines is 2. The topological polar surface area (TPSA) is 96.0 Å². The van der Waals surface area contributed by atoms with Gasteiger partial charge in [-0.1, -0.05) is 19.3 Å². The number of nitrogens with one attached hydrogen (secondary N) is 3. The highest BCUT2D eigenvalue weighted by Crippen LogP contribution is 2.25. The van der Waals surface area contributed by atoms with Crippen molar-refractivity contribution in [3.05, 3.63) is 30.1 Å². The van der Waals surface area contributed by atoms with Crippen LogP contribution in [0.25, 0.3) is 0 Å². The van der Waals surface area contributed by atoms with E-state index in [0.29, 0.717) is 18.7 Å². The molecule has 0 radical (unpaired) electrons. The molecule has 2 aromatic rings. The number of rotatable bonds is 11. The van der Waals surface area contributed by atoms with Crippen LogP contribution in [0.2, 0.25) is 0 Å². The van der Waals surface area contributed by atoms with Crippen LogP contribution in [0, 0.1) is 11.6 Å². The van der Waals surface area contributed by atoms with Gasteiger partial charge in [-0.25, -0.2) is 22.2 Å². The van der Waals surface area contributed by atoms with Crippen LogP contribution in [-0.2, 0) is 10.0 Å². The molecule has 0 saturated carbocycles. The standard InChI is InChI=1S/C18H25F2N5O2S2/c19-14-11-17(29(26,27)25-18-23-12-24-28-18)15(20)10-16(14)22-8-4-2-1-3-6-13-7-5-9-21-13/h10-13,21-22H,1-9H2,(H,23,24,25)/t13-/m1/s1. The summed E-state index contributed by atoms with van der Waals surface area (Å²) in [5.41, 5.74) is -0.0486. The van der Waals surface area contributed by atoms with Crippen LogP contribution in [0.3, 0.4) is 0 Å². The van der Waals surface area contributed by atoms with Crippen molar-refractivity contribution in [2.24, 2.45) is 0 Å². The fourth-order valence-electron chi connectivity index (χ4n) is 3.35. The molecule has 1 atom stereocenters. The van der Waals surface area contributed by atoms with Gasteiger partial charge in [-0.2, -0.15) is 4.37 Å². The van der Waals surface area contributed by atoms with Gasteiger partial charge in [0.2, 0.25) is 5.13 Å². The second-order valence-corrected chi connectivity index (χ2v) is 9.47. The minimum atomic E-state index is -4.29. The lowest BCUT2D eigenvalue weighted by Crippen LogP contribution is -2.20. The third-order valence-electron chi connectivity index (χ3n) is 4.85. The van der Waals surface area contributed by atoms with Crippen LogP contribution in [0.5, 0.6) is 0 Å². The predicted octanol–water partition coefficient (Wildman–Crippen LogP) is 3.73. The molecule has 2 heterocycles. The Kier molecular flexibility index (Phi) is 7.73. The lowest BCUT2D eigenvalue weighted by atomic mass is 10.1. The van der Waals surface area contributed by atoms with Gasteiger partial charge in [0.25, 0.3) is 10.0 Å². The van der Waals surface area contributed by atoms with E-state index in [4.69, 9.17) is 0 Å². The Morgan fingerprint density at radius 2 is 2.00 bits per heavy atom. The summed E-state index contributed by atoms with van der Waals surface area (Å²) in [6.07, 6.45) is 8.97. The van der Waals surface area contributed by atoms with Gasteiger partial charge in [0.15, 0.2) is 0 Å². The predicted molar refractivity (Wildman–Crippen MR) is 110 cm³/mol. The average Bonchev–Trinajstić information content (AvgIpc) is 3.37. The Bertz CT molecular complexity index is 888. The van der Waals surface area contributed by atoms with E-state index in [1.807, 2.05) is 0 Å². The first-order chi connectivity index (χ1) is 14.0. The molecule has 1 aliphatic heterocycles. The highest BCUT2D eigenvalue weighted by Gasteiger charge is 2.23. The van der Waals surface area contributed by atoms with E-state index in [1.165, 1.54) is 19.3 Å². The van der Waals surface area contributed by atoms with Gasteiger partial charge in [-0.3, -0.25) is 4.72 Å². The fourth-order valence-corrected chi connectivity index (χ4v) is 5.09. The molecule has 11 heteroatoms. The van der Waals surface area contributed by atoms with Crippen LogP contribution in [0.15, 0.2) is 23.4 Å². The van der Waals surface area contributed by atoms with Crippen molar-refractivity contribution in [1.82, 2.24) is 14.7 Å². The highest BCUT2D eigenvalue weighted by molar-refractivity contribution is 7.93. The van der Waals surface area contributed by atoms with Gasteiger partial charge in [-0.15, -0.1) is 0 Å². The minimum Gasteiger partial charge on any atom is -0.383 e. The zero-order valence-electron chi connectivity index (χ0n) is 16.0. The summed E-state index contributed by atoms with van der Waals surface area (Å²) in [6, 6.07) is 2.20. The maximum absolute atomic E-state index is 14.3. The van der Waals surface area contributed by atoms with Crippen molar-refractivity contribution in [3.8, 4) is 0 Å². The van der Waals surface area contributed by atoms with Crippen LogP contribution in [-0.4, -0.2) is 36.9 Å². The molecule has 1 aromatic carbocycles. The van der Waals surface area contributed by atoms with Crippen LogP contribution in [0.4, 0.5) is 19.6 Å². The van der Waals surface area contributed by atoms with E-state index in [2.05, 4.69) is 24.7 Å². The molecule has 0 spiro atoms. The van der Waals surface area contributed by atoms with E-state index >= 15 is 0 Å². The Hall–Kier alpha value is -1.85. The molecular formula is C18H25F2N5O2S2. The summed E-state index contributed by atoms with van der Waals surface area (Å²) < 4.78 is 58.8. The molecule has 0 bridgehead atoms. The first kappa shape index (κ1) is 21.8. The summed E-state index contributed by atoms with van der Waals surface area (Å²) >= 11 is 0.800. The summed E-state index contributed by atoms with van der Waals surface area (Å²) in [6.45, 7) is 1.61. The van der Waals surface area contributed by atoms with Gasteiger partial charge < -0.3 is 10.6 Å². The zero-order chi connectivity index (χ0) is 20.7. The van der Waals surface area contributed by atoms with Crippen molar-refractivity contribution in [2.75, 3.05) is 23.1 Å². The molecule has 7 nitrogen and oxygen atoms in total. The van der Waals surface area contributed by atoms with Crippen LogP contribution >= 0.6 is 11.5 Å². The summed E-state index contributed by atoms with van der Waals surface area (Å²) in [5, 5.41) is 6.31. The number of sulfonamides is 1. The normalized spacial score (nSPS) is 16.8. The molecule has 3 N–H and O–H groups in total. The second kappa shape index (κ2) is 10.3. The van der Waals surface area contributed by atoms with Crippen molar-refractivity contribution in [2.45, 2.75) is 55.9 Å². The number of benzene rings is 1. The number of unbranched alkanes of at least 4 members (excludes halogenated alkanes) is 3. The number of halogens is 2. The number of hydrogen-bond donors (Lipinski definition) is 3. The summed E-state index contributed by atoms with van der Waals surface area (Å²) in [7, 11) is -4.29. The molecule has 0 unspecified atom stereocenters. The van der Waals surface area contributed by atoms with Crippen molar-refractivity contribution >= 4 is 32.4 Å². The number of hydrogen-bond acceptors (Lipinski definition) is 7. The van der Waals surface area contributed by atoms with Gasteiger partial charge in [-0.05, 0) is 38.3 Å². The summed E-state index contributed by atoms with van der Waals surface area (Å²) in [4.78, 5) is 2.91. The third kappa shape index (κ3) is 6.31. The Labute approximate surface area is 173 Å². The molecule has 1 fully saturated rings. The molecule has 0 aliphatic carbocycles. The first-order valence-electron chi connectivity index (χ1n) is 9.71. The van der Waals surface area contributed by atoms with E-state index in [9.17, 15) is 17.2 Å². The molecule has 160 valence electrons. The Balaban J connectivity index is 1.46. The quantitative estimate of drug-likeness (QED) is 0.456. The largest absolute Gasteiger partial charge is 0.383 e. The van der Waals surface area contributed by atoms with E-state index < -0.39 is 26.6 Å². The van der Waals surface area contributed by atoms with Gasteiger partial charge >= 0.3 is 0 Å². The van der Waals surface area contributed by atoms with Gasteiger partial charge in [0.05, 0.1) is 5.69 Å². The smallest absolute Gasteiger partial charge is 0.266 e. The lowest BCUT2D eigenvalue weighted by Gasteiger charge is -2.12. The number of nitrogens with zero attached hydrogens (tertiary/aromatic N) is 2. The zero-order valence-corrected chi connectivity index (χ0v) is 17.6. The maximum Gasteiger partial charge on any atom is 0.266 e. The summed E-state index contributed by atoms with van der Waals surface area (Å²) in [5.74, 6) is -1.86. The molecule has 29 heavy (non-hydrogen) atoms. The van der Waals surface area contributed by atoms with Gasteiger partial charge in [0.1, 0.15) is 22.9 Å². The molecule has 1 aromatic heterocycles. The van der Waals surface area contributed by atoms with E-state index in [1.54, 1.807) is 0 Å². The van der Waals surface area contributed by atoms with Crippen molar-refractivity contribution in [1.29, 1.82) is 0 Å². The van der Waals surface area contributed by atoms with Crippen molar-refractivity contribution < 1.29 is 17.2 Å². The SMILES string of the molecule is O=S(=O)(Nc1ncns1)c1cc(F)c(NCCCCCC[C@@H]2CCCN2)cc1F. The third-order valence-corrected chi connectivity index (χ3v) is 6.91. The van der Waals surface area contributed by atoms with Crippen LogP contribution < -0.4 is 15.4 Å². The Morgan fingerprint density at radius 1 is 1.17 bits per heavy atom. The monoisotopic (exact) mass is 445 g/mol. The highest BCUT2D eigenvalue weighted by atomic mass is 32.2. The van der Waals surface area contributed by atoms with E-state index in [0.717, 1.165) is 56.2 Å². The van der Waals surface area contributed by atoms with Crippen LogP contribution in [0.1, 0.15) is 44.9 Å². The molecule has 1 saturated heterocycles. The maximum atomic E-state index is 14.3. The first-order valence-corrected chi connectivity index (χ1v) is 12.0. The molecule has 0 amide bonds. The van der Waals surface area contributed by atoms with Crippen molar-refractivity contribution in [3.63, 3.8) is 0 Å². The molecular weight excluding hydrogens is 420 g/mol. The lowest BCUT2D eigenvalue weighted by molar-refractivity contribution is 0.511. The van der Waals surface area contributed by atoms with Gasteiger partial charge in [0, 0.05) is 30.2 Å².